The zero-order valence-corrected chi connectivity index (χ0v) is 17.6. The normalized spacial score (nSPS) is 11.3. The zero-order chi connectivity index (χ0) is 25.0. The highest BCUT2D eigenvalue weighted by Crippen LogP contribution is 2.38. The Bertz CT molecular complexity index is 1350. The number of hydrogen-bond donors (Lipinski definition) is 3. The molecule has 0 unspecified atom stereocenters. The van der Waals surface area contributed by atoms with Crippen molar-refractivity contribution < 1.29 is 29.4 Å². The molecule has 0 bridgehead atoms. The van der Waals surface area contributed by atoms with Gasteiger partial charge in [-0.25, -0.2) is 4.39 Å². The van der Waals surface area contributed by atoms with Gasteiger partial charge >= 0.3 is 5.69 Å². The molecule has 3 rings (SSSR count). The van der Waals surface area contributed by atoms with Crippen molar-refractivity contribution in [1.82, 2.24) is 9.88 Å². The van der Waals surface area contributed by atoms with E-state index in [0.717, 1.165) is 11.0 Å². The third-order valence-electron chi connectivity index (χ3n) is 4.90. The Balaban J connectivity index is 1.89. The maximum atomic E-state index is 14.7. The van der Waals surface area contributed by atoms with Gasteiger partial charge in [-0.3, -0.25) is 19.9 Å². The van der Waals surface area contributed by atoms with Gasteiger partial charge in [-0.2, -0.15) is 5.26 Å². The van der Waals surface area contributed by atoms with E-state index in [2.05, 4.69) is 4.98 Å². The highest BCUT2D eigenvalue weighted by molar-refractivity contribution is 6.03. The van der Waals surface area contributed by atoms with Crippen molar-refractivity contribution in [2.24, 2.45) is 0 Å². The first-order chi connectivity index (χ1) is 16.1. The first kappa shape index (κ1) is 23.7. The molecule has 0 radical (unpaired) electrons. The van der Waals surface area contributed by atoms with Crippen molar-refractivity contribution in [3.63, 3.8) is 0 Å². The van der Waals surface area contributed by atoms with E-state index in [9.17, 15) is 39.9 Å². The van der Waals surface area contributed by atoms with Crippen molar-refractivity contribution in [1.29, 1.82) is 5.26 Å². The summed E-state index contributed by atoms with van der Waals surface area (Å²) >= 11 is 0. The topological polar surface area (TPSA) is 161 Å². The molecule has 11 heteroatoms. The van der Waals surface area contributed by atoms with Crippen LogP contribution in [0.2, 0.25) is 0 Å². The number of aliphatic hydroxyl groups is 1. The molecule has 0 spiro atoms. The van der Waals surface area contributed by atoms with E-state index in [1.165, 1.54) is 25.2 Å². The van der Waals surface area contributed by atoms with E-state index in [1.807, 2.05) is 0 Å². The minimum Gasteiger partial charge on any atom is -0.506 e. The number of nitro groups is 1. The van der Waals surface area contributed by atoms with Crippen LogP contribution in [0.1, 0.15) is 11.1 Å². The number of phenols is 2. The summed E-state index contributed by atoms with van der Waals surface area (Å²) in [6.07, 6.45) is 3.16. The molecule has 0 aliphatic heterocycles. The first-order valence-electron chi connectivity index (χ1n) is 9.62. The number of halogens is 1. The van der Waals surface area contributed by atoms with Gasteiger partial charge in [0.05, 0.1) is 4.92 Å². The number of nitriles is 1. The number of rotatable bonds is 6. The van der Waals surface area contributed by atoms with Crippen LogP contribution in [0.4, 0.5) is 10.1 Å². The molecule has 0 aliphatic carbocycles. The smallest absolute Gasteiger partial charge is 0.315 e. The third kappa shape index (κ3) is 4.76. The Kier molecular flexibility index (Phi) is 6.73. The summed E-state index contributed by atoms with van der Waals surface area (Å²) in [5.41, 5.74) is -0.759. The number of aromatic nitrogens is 1. The fraction of sp³-hybridized carbons (Fsp3) is 0.0870. The Morgan fingerprint density at radius 3 is 2.56 bits per heavy atom. The molecule has 3 N–H and O–H groups in total. The Morgan fingerprint density at radius 2 is 1.97 bits per heavy atom. The quantitative estimate of drug-likeness (QED) is 0.124. The molecule has 10 nitrogen and oxygen atoms in total. The molecule has 0 saturated carbocycles. The summed E-state index contributed by atoms with van der Waals surface area (Å²) in [4.78, 5) is 27.8. The molecule has 3 aromatic rings. The Hall–Kier alpha value is -4.98. The number of carbonyl (C=O) groups excluding carboxylic acids is 1. The van der Waals surface area contributed by atoms with Crippen LogP contribution in [0.15, 0.2) is 60.4 Å². The van der Waals surface area contributed by atoms with Gasteiger partial charge in [0.25, 0.3) is 5.91 Å². The molecule has 0 atom stereocenters. The van der Waals surface area contributed by atoms with E-state index in [0.29, 0.717) is 17.2 Å². The highest BCUT2D eigenvalue weighted by Gasteiger charge is 2.25. The lowest BCUT2D eigenvalue weighted by Gasteiger charge is -2.18. The number of aliphatic hydroxyl groups excluding tert-OH is 1. The van der Waals surface area contributed by atoms with Gasteiger partial charge in [0.2, 0.25) is 5.75 Å². The van der Waals surface area contributed by atoms with Gasteiger partial charge in [-0.15, -0.1) is 0 Å². The molecule has 34 heavy (non-hydrogen) atoms. The summed E-state index contributed by atoms with van der Waals surface area (Å²) in [5.74, 6) is -4.51. The van der Waals surface area contributed by atoms with E-state index in [1.54, 1.807) is 30.6 Å². The standard InChI is InChI=1S/C23H17FN4O6/c1-27(12-15-5-4-13(7-18(15)24)14-3-2-6-26-11-14)23(32)17(10-25)21(30)16-8-19(28(33)34)22(31)20(29)9-16/h2-9,11,29-31H,12H2,1H3/b21-17-. The number of aromatic hydroxyl groups is 2. The average molecular weight is 464 g/mol. The Morgan fingerprint density at radius 1 is 1.24 bits per heavy atom. The van der Waals surface area contributed by atoms with Gasteiger partial charge in [0, 0.05) is 48.7 Å². The second-order valence-electron chi connectivity index (χ2n) is 7.16. The van der Waals surface area contributed by atoms with Gasteiger partial charge in [0.15, 0.2) is 11.3 Å². The van der Waals surface area contributed by atoms with Gasteiger partial charge in [-0.1, -0.05) is 18.2 Å². The van der Waals surface area contributed by atoms with Crippen LogP contribution in [0.3, 0.4) is 0 Å². The van der Waals surface area contributed by atoms with Crippen LogP contribution >= 0.6 is 0 Å². The molecule has 0 aliphatic rings. The number of pyridine rings is 1. The molecule has 1 amide bonds. The molecule has 0 fully saturated rings. The van der Waals surface area contributed by atoms with Gasteiger partial charge in [-0.05, 0) is 23.8 Å². The minimum absolute atomic E-state index is 0.137. The predicted molar refractivity (Wildman–Crippen MR) is 118 cm³/mol. The molecule has 0 saturated heterocycles. The molecular weight excluding hydrogens is 447 g/mol. The second-order valence-corrected chi connectivity index (χ2v) is 7.16. The lowest BCUT2D eigenvalue weighted by Crippen LogP contribution is -2.28. The van der Waals surface area contributed by atoms with Crippen molar-refractivity contribution >= 4 is 17.4 Å². The summed E-state index contributed by atoms with van der Waals surface area (Å²) in [5, 5.41) is 50.2. The number of carbonyl (C=O) groups is 1. The van der Waals surface area contributed by atoms with Crippen LogP contribution < -0.4 is 0 Å². The maximum Gasteiger partial charge on any atom is 0.315 e. The molecule has 1 heterocycles. The highest BCUT2D eigenvalue weighted by atomic mass is 19.1. The average Bonchev–Trinajstić information content (AvgIpc) is 2.82. The molecule has 2 aromatic carbocycles. The number of benzene rings is 2. The van der Waals surface area contributed by atoms with E-state index >= 15 is 0 Å². The lowest BCUT2D eigenvalue weighted by atomic mass is 10.0. The van der Waals surface area contributed by atoms with Crippen LogP contribution in [0, 0.1) is 27.3 Å². The van der Waals surface area contributed by atoms with Gasteiger partial charge < -0.3 is 20.2 Å². The fourth-order valence-corrected chi connectivity index (χ4v) is 3.13. The third-order valence-corrected chi connectivity index (χ3v) is 4.90. The summed E-state index contributed by atoms with van der Waals surface area (Å²) < 4.78 is 14.7. The second kappa shape index (κ2) is 9.66. The molecule has 1 aromatic heterocycles. The van der Waals surface area contributed by atoms with Crippen LogP contribution in [0.5, 0.6) is 11.5 Å². The summed E-state index contributed by atoms with van der Waals surface area (Å²) in [6, 6.07) is 10.8. The van der Waals surface area contributed by atoms with Crippen LogP contribution in [-0.2, 0) is 11.3 Å². The number of likely N-dealkylation sites (N-methyl/N-ethyl adjacent to an activating group) is 1. The van der Waals surface area contributed by atoms with E-state index in [-0.39, 0.29) is 12.1 Å². The van der Waals surface area contributed by atoms with Crippen LogP contribution in [-0.4, -0.2) is 43.1 Å². The minimum atomic E-state index is -1.03. The fourth-order valence-electron chi connectivity index (χ4n) is 3.13. The number of hydrogen-bond acceptors (Lipinski definition) is 8. The largest absolute Gasteiger partial charge is 0.506 e. The van der Waals surface area contributed by atoms with E-state index < -0.39 is 50.7 Å². The summed E-state index contributed by atoms with van der Waals surface area (Å²) in [6.45, 7) is -0.253. The maximum absolute atomic E-state index is 14.7. The number of nitro benzene ring substituents is 1. The van der Waals surface area contributed by atoms with Crippen LogP contribution in [0.25, 0.3) is 16.9 Å². The number of nitrogens with zero attached hydrogens (tertiary/aromatic N) is 4. The van der Waals surface area contributed by atoms with Crippen molar-refractivity contribution in [2.45, 2.75) is 6.54 Å². The predicted octanol–water partition coefficient (Wildman–Crippen LogP) is 3.66. The van der Waals surface area contributed by atoms with E-state index in [4.69, 9.17) is 0 Å². The number of amides is 1. The van der Waals surface area contributed by atoms with Crippen molar-refractivity contribution in [3.05, 3.63) is 87.5 Å². The lowest BCUT2D eigenvalue weighted by molar-refractivity contribution is -0.386. The van der Waals surface area contributed by atoms with Crippen molar-refractivity contribution in [3.8, 4) is 28.7 Å². The Labute approximate surface area is 192 Å². The summed E-state index contributed by atoms with van der Waals surface area (Å²) in [7, 11) is 1.28. The number of phenolic OH excluding ortho intramolecular Hbond substituents is 2. The first-order valence-corrected chi connectivity index (χ1v) is 9.62. The molecule has 172 valence electrons. The zero-order valence-electron chi connectivity index (χ0n) is 17.6. The SMILES string of the molecule is CN(Cc1ccc(-c2cccnc2)cc1F)C(=O)/C(C#N)=C(\O)c1cc(O)c(O)c([N+](=O)[O-])c1. The van der Waals surface area contributed by atoms with Crippen molar-refractivity contribution in [2.75, 3.05) is 7.05 Å². The molecular formula is C23H17FN4O6. The monoisotopic (exact) mass is 464 g/mol. The van der Waals surface area contributed by atoms with Gasteiger partial charge in [0.1, 0.15) is 17.6 Å².